The van der Waals surface area contributed by atoms with Gasteiger partial charge < -0.3 is 10.4 Å². The van der Waals surface area contributed by atoms with E-state index in [0.29, 0.717) is 10.7 Å². The van der Waals surface area contributed by atoms with Crippen molar-refractivity contribution in [3.63, 3.8) is 0 Å². The maximum Gasteiger partial charge on any atom is 0.259 e. The second kappa shape index (κ2) is 6.77. The second-order valence-corrected chi connectivity index (χ2v) is 6.01. The maximum atomic E-state index is 12.4. The summed E-state index contributed by atoms with van der Waals surface area (Å²) in [6.45, 7) is 1.97. The summed E-state index contributed by atoms with van der Waals surface area (Å²) in [5.41, 5.74) is 3.92. The molecule has 3 aromatic carbocycles. The van der Waals surface area contributed by atoms with Gasteiger partial charge in [0.15, 0.2) is 0 Å². The molecule has 0 aliphatic carbocycles. The Balaban J connectivity index is 1.91. The molecule has 0 unspecified atom stereocenters. The number of hydrogen-bond donors (Lipinski definition) is 2. The third-order valence-electron chi connectivity index (χ3n) is 3.65. The minimum atomic E-state index is -0.403. The van der Waals surface area contributed by atoms with Crippen molar-refractivity contribution >= 4 is 23.2 Å². The van der Waals surface area contributed by atoms with Crippen LogP contribution < -0.4 is 5.32 Å². The highest BCUT2D eigenvalue weighted by atomic mass is 35.5. The van der Waals surface area contributed by atoms with Crippen LogP contribution in [0.5, 0.6) is 5.75 Å². The number of anilines is 1. The average Bonchev–Trinajstić information content (AvgIpc) is 2.57. The van der Waals surface area contributed by atoms with Gasteiger partial charge in [-0.25, -0.2) is 0 Å². The predicted molar refractivity (Wildman–Crippen MR) is 97.7 cm³/mol. The number of carbonyl (C=O) groups excluding carboxylic acids is 1. The van der Waals surface area contributed by atoms with Crippen LogP contribution in [0.2, 0.25) is 5.02 Å². The van der Waals surface area contributed by atoms with E-state index in [1.807, 2.05) is 49.4 Å². The zero-order valence-corrected chi connectivity index (χ0v) is 13.8. The molecule has 0 saturated carbocycles. The van der Waals surface area contributed by atoms with Crippen molar-refractivity contribution in [2.45, 2.75) is 6.92 Å². The molecule has 3 rings (SSSR count). The number of carbonyl (C=O) groups is 1. The molecule has 2 N–H and O–H groups in total. The van der Waals surface area contributed by atoms with Gasteiger partial charge in [-0.2, -0.15) is 0 Å². The monoisotopic (exact) mass is 337 g/mol. The van der Waals surface area contributed by atoms with Crippen molar-refractivity contribution < 1.29 is 9.90 Å². The number of phenolic OH excluding ortho intramolecular Hbond substituents is 1. The van der Waals surface area contributed by atoms with Gasteiger partial charge in [-0.05, 0) is 53.9 Å². The quantitative estimate of drug-likeness (QED) is 0.683. The number of phenols is 1. The first kappa shape index (κ1) is 16.1. The van der Waals surface area contributed by atoms with Gasteiger partial charge in [0.2, 0.25) is 0 Å². The molecule has 24 heavy (non-hydrogen) atoms. The Labute approximate surface area is 145 Å². The molecule has 0 atom stereocenters. The van der Waals surface area contributed by atoms with Crippen LogP contribution in [0.25, 0.3) is 11.1 Å². The van der Waals surface area contributed by atoms with Crippen LogP contribution in [0, 0.1) is 6.92 Å². The Morgan fingerprint density at radius 1 is 0.958 bits per heavy atom. The van der Waals surface area contributed by atoms with Crippen molar-refractivity contribution in [1.82, 2.24) is 0 Å². The summed E-state index contributed by atoms with van der Waals surface area (Å²) in [5, 5.41) is 13.1. The standard InChI is InChI=1S/C20H16ClNO2/c1-13-9-15(14-5-3-2-4-6-14)11-17(10-13)22-20(24)18-12-16(21)7-8-19(18)23/h2-12,23H,1H3,(H,22,24). The van der Waals surface area contributed by atoms with E-state index in [-0.39, 0.29) is 11.3 Å². The van der Waals surface area contributed by atoms with E-state index in [4.69, 9.17) is 11.6 Å². The Kier molecular flexibility index (Phi) is 4.54. The fourth-order valence-corrected chi connectivity index (χ4v) is 2.71. The molecule has 120 valence electrons. The van der Waals surface area contributed by atoms with E-state index >= 15 is 0 Å². The normalized spacial score (nSPS) is 10.4. The van der Waals surface area contributed by atoms with Gasteiger partial charge in [0.05, 0.1) is 5.56 Å². The fraction of sp³-hybridized carbons (Fsp3) is 0.0500. The summed E-state index contributed by atoms with van der Waals surface area (Å²) in [7, 11) is 0. The molecule has 4 heteroatoms. The number of benzene rings is 3. The molecule has 0 bridgehead atoms. The van der Waals surface area contributed by atoms with Crippen LogP contribution in [-0.4, -0.2) is 11.0 Å². The summed E-state index contributed by atoms with van der Waals surface area (Å²) in [5.74, 6) is -0.507. The fourth-order valence-electron chi connectivity index (χ4n) is 2.54. The molecule has 0 aromatic heterocycles. The summed E-state index contributed by atoms with van der Waals surface area (Å²) < 4.78 is 0. The minimum Gasteiger partial charge on any atom is -0.507 e. The van der Waals surface area contributed by atoms with E-state index in [1.165, 1.54) is 18.2 Å². The number of amides is 1. The highest BCUT2D eigenvalue weighted by Crippen LogP contribution is 2.26. The van der Waals surface area contributed by atoms with Gasteiger partial charge in [0.25, 0.3) is 5.91 Å². The van der Waals surface area contributed by atoms with E-state index in [2.05, 4.69) is 11.4 Å². The lowest BCUT2D eigenvalue weighted by Gasteiger charge is -2.11. The van der Waals surface area contributed by atoms with E-state index in [0.717, 1.165) is 16.7 Å². The minimum absolute atomic E-state index is 0.104. The first-order chi connectivity index (χ1) is 11.5. The molecular weight excluding hydrogens is 322 g/mol. The van der Waals surface area contributed by atoms with Gasteiger partial charge >= 0.3 is 0 Å². The van der Waals surface area contributed by atoms with Crippen molar-refractivity contribution in [3.8, 4) is 16.9 Å². The van der Waals surface area contributed by atoms with Crippen molar-refractivity contribution in [2.75, 3.05) is 5.32 Å². The first-order valence-electron chi connectivity index (χ1n) is 7.50. The van der Waals surface area contributed by atoms with Crippen molar-refractivity contribution in [1.29, 1.82) is 0 Å². The molecular formula is C20H16ClNO2. The number of rotatable bonds is 3. The third-order valence-corrected chi connectivity index (χ3v) is 3.88. The topological polar surface area (TPSA) is 49.3 Å². The Morgan fingerprint density at radius 3 is 2.46 bits per heavy atom. The van der Waals surface area contributed by atoms with E-state index in [9.17, 15) is 9.90 Å². The summed E-state index contributed by atoms with van der Waals surface area (Å²) >= 11 is 5.90. The van der Waals surface area contributed by atoms with Gasteiger partial charge in [0.1, 0.15) is 5.75 Å². The van der Waals surface area contributed by atoms with Gasteiger partial charge in [-0.1, -0.05) is 48.0 Å². The average molecular weight is 338 g/mol. The van der Waals surface area contributed by atoms with Gasteiger partial charge in [-0.15, -0.1) is 0 Å². The predicted octanol–water partition coefficient (Wildman–Crippen LogP) is 5.27. The molecule has 3 nitrogen and oxygen atoms in total. The van der Waals surface area contributed by atoms with Crippen LogP contribution in [0.1, 0.15) is 15.9 Å². The van der Waals surface area contributed by atoms with Crippen LogP contribution in [0.4, 0.5) is 5.69 Å². The van der Waals surface area contributed by atoms with Crippen LogP contribution >= 0.6 is 11.6 Å². The molecule has 0 fully saturated rings. The van der Waals surface area contributed by atoms with Crippen LogP contribution in [0.15, 0.2) is 66.7 Å². The number of aryl methyl sites for hydroxylation is 1. The number of halogens is 1. The molecule has 0 spiro atoms. The van der Waals surface area contributed by atoms with E-state index < -0.39 is 5.91 Å². The molecule has 1 amide bonds. The molecule has 0 aliphatic heterocycles. The van der Waals surface area contributed by atoms with Gasteiger partial charge in [-0.3, -0.25) is 4.79 Å². The number of hydrogen-bond acceptors (Lipinski definition) is 2. The molecule has 0 heterocycles. The lowest BCUT2D eigenvalue weighted by molar-refractivity contribution is 0.102. The van der Waals surface area contributed by atoms with Crippen LogP contribution in [-0.2, 0) is 0 Å². The molecule has 3 aromatic rings. The lowest BCUT2D eigenvalue weighted by atomic mass is 10.0. The summed E-state index contributed by atoms with van der Waals surface area (Å²) in [6.07, 6.45) is 0. The second-order valence-electron chi connectivity index (χ2n) is 5.57. The zero-order chi connectivity index (χ0) is 17.1. The lowest BCUT2D eigenvalue weighted by Crippen LogP contribution is -2.12. The summed E-state index contributed by atoms with van der Waals surface area (Å²) in [6, 6.07) is 20.2. The highest BCUT2D eigenvalue weighted by Gasteiger charge is 2.13. The Bertz CT molecular complexity index is 891. The highest BCUT2D eigenvalue weighted by molar-refractivity contribution is 6.31. The Hall–Kier alpha value is -2.78. The van der Waals surface area contributed by atoms with Crippen LogP contribution in [0.3, 0.4) is 0 Å². The number of nitrogens with one attached hydrogen (secondary N) is 1. The first-order valence-corrected chi connectivity index (χ1v) is 7.88. The smallest absolute Gasteiger partial charge is 0.259 e. The molecule has 0 radical (unpaired) electrons. The van der Waals surface area contributed by atoms with Crippen molar-refractivity contribution in [3.05, 3.63) is 82.9 Å². The molecule has 0 saturated heterocycles. The Morgan fingerprint density at radius 2 is 1.71 bits per heavy atom. The van der Waals surface area contributed by atoms with Gasteiger partial charge in [0, 0.05) is 10.7 Å². The summed E-state index contributed by atoms with van der Waals surface area (Å²) in [4.78, 5) is 12.4. The largest absolute Gasteiger partial charge is 0.507 e. The zero-order valence-electron chi connectivity index (χ0n) is 13.1. The van der Waals surface area contributed by atoms with Crippen molar-refractivity contribution in [2.24, 2.45) is 0 Å². The molecule has 0 aliphatic rings. The number of aromatic hydroxyl groups is 1. The maximum absolute atomic E-state index is 12.4. The third kappa shape index (κ3) is 3.58. The van der Waals surface area contributed by atoms with E-state index in [1.54, 1.807) is 0 Å². The SMILES string of the molecule is Cc1cc(NC(=O)c2cc(Cl)ccc2O)cc(-c2ccccc2)c1.